The molecule has 1 rings (SSSR count). The van der Waals surface area contributed by atoms with Gasteiger partial charge in [-0.05, 0) is 26.0 Å². The van der Waals surface area contributed by atoms with Crippen LogP contribution in [-0.4, -0.2) is 41.0 Å². The van der Waals surface area contributed by atoms with Crippen LogP contribution in [0.25, 0.3) is 0 Å². The number of carbonyl (C=O) groups excluding carboxylic acids is 1. The SMILES string of the molecule is CC(C)N(CC(=O)O)CC(=O)NCc1ccc(Cl)s1. The Balaban J connectivity index is 2.42. The van der Waals surface area contributed by atoms with E-state index in [0.717, 1.165) is 4.88 Å². The first-order chi connectivity index (χ1) is 8.88. The number of nitrogens with one attached hydrogen (secondary N) is 1. The molecule has 19 heavy (non-hydrogen) atoms. The van der Waals surface area contributed by atoms with E-state index in [2.05, 4.69) is 5.32 Å². The predicted octanol–water partition coefficient (Wildman–Crippen LogP) is 1.81. The fourth-order valence-electron chi connectivity index (χ4n) is 1.47. The first kappa shape index (κ1) is 15.9. The van der Waals surface area contributed by atoms with Crippen molar-refractivity contribution < 1.29 is 14.7 Å². The lowest BCUT2D eigenvalue weighted by molar-refractivity contribution is -0.139. The minimum atomic E-state index is -0.938. The van der Waals surface area contributed by atoms with Crippen LogP contribution in [0.4, 0.5) is 0 Å². The Bertz CT molecular complexity index is 448. The second-order valence-corrected chi connectivity index (χ2v) is 6.17. The van der Waals surface area contributed by atoms with Gasteiger partial charge in [-0.25, -0.2) is 0 Å². The lowest BCUT2D eigenvalue weighted by Gasteiger charge is -2.23. The second kappa shape index (κ2) is 7.47. The van der Waals surface area contributed by atoms with Gasteiger partial charge in [-0.2, -0.15) is 0 Å². The fraction of sp³-hybridized carbons (Fsp3) is 0.500. The van der Waals surface area contributed by atoms with Gasteiger partial charge < -0.3 is 10.4 Å². The predicted molar refractivity (Wildman–Crippen MR) is 75.5 cm³/mol. The molecule has 0 saturated carbocycles. The summed E-state index contributed by atoms with van der Waals surface area (Å²) in [5.74, 6) is -1.13. The highest BCUT2D eigenvalue weighted by atomic mass is 35.5. The topological polar surface area (TPSA) is 69.6 Å². The van der Waals surface area contributed by atoms with Crippen LogP contribution in [-0.2, 0) is 16.1 Å². The molecule has 5 nitrogen and oxygen atoms in total. The number of carboxylic acids is 1. The number of rotatable bonds is 7. The van der Waals surface area contributed by atoms with E-state index in [0.29, 0.717) is 10.9 Å². The highest BCUT2D eigenvalue weighted by molar-refractivity contribution is 7.16. The maximum Gasteiger partial charge on any atom is 0.317 e. The number of nitrogens with zero attached hydrogens (tertiary/aromatic N) is 1. The van der Waals surface area contributed by atoms with Crippen LogP contribution in [0.15, 0.2) is 12.1 Å². The van der Waals surface area contributed by atoms with E-state index >= 15 is 0 Å². The molecule has 2 N–H and O–H groups in total. The van der Waals surface area contributed by atoms with E-state index in [1.165, 1.54) is 11.3 Å². The molecule has 1 heterocycles. The van der Waals surface area contributed by atoms with E-state index in [4.69, 9.17) is 16.7 Å². The molecular formula is C12H17ClN2O3S. The summed E-state index contributed by atoms with van der Waals surface area (Å²) in [6.45, 7) is 4.05. The normalized spacial score (nSPS) is 11.0. The molecule has 0 aliphatic rings. The Morgan fingerprint density at radius 2 is 2.11 bits per heavy atom. The van der Waals surface area contributed by atoms with Gasteiger partial charge in [0.05, 0.1) is 24.0 Å². The minimum Gasteiger partial charge on any atom is -0.480 e. The third kappa shape index (κ3) is 6.04. The highest BCUT2D eigenvalue weighted by Gasteiger charge is 2.16. The number of thiophene rings is 1. The zero-order chi connectivity index (χ0) is 14.4. The number of carbonyl (C=O) groups is 2. The number of carboxylic acid groups (broad SMARTS) is 1. The summed E-state index contributed by atoms with van der Waals surface area (Å²) in [5.41, 5.74) is 0. The largest absolute Gasteiger partial charge is 0.480 e. The van der Waals surface area contributed by atoms with Crippen LogP contribution in [0.5, 0.6) is 0 Å². The summed E-state index contributed by atoms with van der Waals surface area (Å²) in [6.07, 6.45) is 0. The van der Waals surface area contributed by atoms with Crippen molar-refractivity contribution in [2.24, 2.45) is 0 Å². The van der Waals surface area contributed by atoms with Crippen molar-refractivity contribution in [3.8, 4) is 0 Å². The monoisotopic (exact) mass is 304 g/mol. The van der Waals surface area contributed by atoms with Crippen molar-refractivity contribution in [1.82, 2.24) is 10.2 Å². The van der Waals surface area contributed by atoms with E-state index in [9.17, 15) is 9.59 Å². The van der Waals surface area contributed by atoms with Gasteiger partial charge in [0.15, 0.2) is 0 Å². The first-order valence-electron chi connectivity index (χ1n) is 5.85. The van der Waals surface area contributed by atoms with Gasteiger partial charge in [-0.1, -0.05) is 11.6 Å². The van der Waals surface area contributed by atoms with E-state index in [1.807, 2.05) is 19.9 Å². The molecule has 1 aromatic heterocycles. The molecule has 0 saturated heterocycles. The van der Waals surface area contributed by atoms with Gasteiger partial charge in [-0.3, -0.25) is 14.5 Å². The Labute approximate surface area is 121 Å². The Hall–Kier alpha value is -1.11. The van der Waals surface area contributed by atoms with Gasteiger partial charge in [-0.15, -0.1) is 11.3 Å². The number of aliphatic carboxylic acids is 1. The molecule has 0 unspecified atom stereocenters. The lowest BCUT2D eigenvalue weighted by atomic mass is 10.3. The Kier molecular flexibility index (Phi) is 6.27. The number of halogens is 1. The summed E-state index contributed by atoms with van der Waals surface area (Å²) in [6, 6.07) is 3.63. The molecule has 0 aromatic carbocycles. The van der Waals surface area contributed by atoms with Gasteiger partial charge in [0.1, 0.15) is 0 Å². The highest BCUT2D eigenvalue weighted by Crippen LogP contribution is 2.20. The summed E-state index contributed by atoms with van der Waals surface area (Å²) >= 11 is 7.20. The van der Waals surface area contributed by atoms with Crippen molar-refractivity contribution in [2.75, 3.05) is 13.1 Å². The van der Waals surface area contributed by atoms with Gasteiger partial charge in [0.2, 0.25) is 5.91 Å². The molecule has 0 atom stereocenters. The third-order valence-electron chi connectivity index (χ3n) is 2.50. The van der Waals surface area contributed by atoms with Crippen molar-refractivity contribution in [2.45, 2.75) is 26.4 Å². The van der Waals surface area contributed by atoms with Crippen LogP contribution in [0.2, 0.25) is 4.34 Å². The van der Waals surface area contributed by atoms with Crippen molar-refractivity contribution in [3.63, 3.8) is 0 Å². The summed E-state index contributed by atoms with van der Waals surface area (Å²) < 4.78 is 0.680. The van der Waals surface area contributed by atoms with Crippen molar-refractivity contribution in [1.29, 1.82) is 0 Å². The zero-order valence-electron chi connectivity index (χ0n) is 10.9. The van der Waals surface area contributed by atoms with Crippen LogP contribution >= 0.6 is 22.9 Å². The molecule has 0 aliphatic heterocycles. The maximum atomic E-state index is 11.7. The van der Waals surface area contributed by atoms with Gasteiger partial charge >= 0.3 is 5.97 Å². The molecule has 0 fully saturated rings. The van der Waals surface area contributed by atoms with Crippen molar-refractivity contribution >= 4 is 34.8 Å². The van der Waals surface area contributed by atoms with E-state index in [1.54, 1.807) is 11.0 Å². The minimum absolute atomic E-state index is 0.00182. The molecule has 0 aliphatic carbocycles. The van der Waals surface area contributed by atoms with Crippen LogP contribution < -0.4 is 5.32 Å². The molecular weight excluding hydrogens is 288 g/mol. The first-order valence-corrected chi connectivity index (χ1v) is 7.04. The second-order valence-electron chi connectivity index (χ2n) is 4.38. The number of amides is 1. The van der Waals surface area contributed by atoms with Crippen molar-refractivity contribution in [3.05, 3.63) is 21.3 Å². The Morgan fingerprint density at radius 3 is 2.58 bits per heavy atom. The van der Waals surface area contributed by atoms with Crippen LogP contribution in [0.1, 0.15) is 18.7 Å². The average molecular weight is 305 g/mol. The zero-order valence-corrected chi connectivity index (χ0v) is 12.4. The fourth-order valence-corrected chi connectivity index (χ4v) is 2.49. The average Bonchev–Trinajstić information content (AvgIpc) is 2.71. The lowest BCUT2D eigenvalue weighted by Crippen LogP contribution is -2.43. The smallest absolute Gasteiger partial charge is 0.317 e. The van der Waals surface area contributed by atoms with E-state index in [-0.39, 0.29) is 25.0 Å². The van der Waals surface area contributed by atoms with Crippen LogP contribution in [0.3, 0.4) is 0 Å². The molecule has 1 amide bonds. The summed E-state index contributed by atoms with van der Waals surface area (Å²) in [7, 11) is 0. The summed E-state index contributed by atoms with van der Waals surface area (Å²) in [5, 5.41) is 11.5. The number of hydrogen-bond acceptors (Lipinski definition) is 4. The third-order valence-corrected chi connectivity index (χ3v) is 3.74. The standard InChI is InChI=1S/C12H17ClN2O3S/c1-8(2)15(7-12(17)18)6-11(16)14-5-9-3-4-10(13)19-9/h3-4,8H,5-7H2,1-2H3,(H,14,16)(H,17,18). The summed E-state index contributed by atoms with van der Waals surface area (Å²) in [4.78, 5) is 25.0. The molecule has 106 valence electrons. The molecule has 0 radical (unpaired) electrons. The van der Waals surface area contributed by atoms with Crippen LogP contribution in [0, 0.1) is 0 Å². The maximum absolute atomic E-state index is 11.7. The quantitative estimate of drug-likeness (QED) is 0.806. The molecule has 0 bridgehead atoms. The number of hydrogen-bond donors (Lipinski definition) is 2. The molecule has 0 spiro atoms. The molecule has 7 heteroatoms. The molecule has 1 aromatic rings. The van der Waals surface area contributed by atoms with E-state index < -0.39 is 5.97 Å². The van der Waals surface area contributed by atoms with Gasteiger partial charge in [0.25, 0.3) is 0 Å². The Morgan fingerprint density at radius 1 is 1.42 bits per heavy atom. The van der Waals surface area contributed by atoms with Gasteiger partial charge in [0, 0.05) is 10.9 Å².